The van der Waals surface area contributed by atoms with Gasteiger partial charge in [0.05, 0.1) is 11.0 Å². The first kappa shape index (κ1) is 32.0. The fraction of sp³-hybridized carbons (Fsp3) is 0.375. The van der Waals surface area contributed by atoms with Crippen LogP contribution in [0, 0.1) is 0 Å². The molecule has 226 valence electrons. The van der Waals surface area contributed by atoms with Crippen molar-refractivity contribution in [1.82, 2.24) is 9.88 Å². The van der Waals surface area contributed by atoms with Gasteiger partial charge in [-0.3, -0.25) is 14.5 Å². The third-order valence-electron chi connectivity index (χ3n) is 7.29. The van der Waals surface area contributed by atoms with Crippen LogP contribution in [-0.4, -0.2) is 38.7 Å². The summed E-state index contributed by atoms with van der Waals surface area (Å²) in [6, 6.07) is 13.4. The molecule has 1 N–H and O–H groups in total. The number of carbonyl (C=O) groups is 2. The standard InChI is InChI=1S/C32H33Cl2N3O3S3/c33-23-15-22(16-24(34)19-23)17-27-20-35-31(42-27)36-29(38)9-5-2-6-14-37-30(39)28(43-32(37)41)18-21-10-12-26(13-11-21)40-25-7-3-1-4-8-25/h10-13,15-16,18-20,25H,1-9,14,17H2,(H,35,36,38)/b28-18-. The van der Waals surface area contributed by atoms with E-state index in [0.29, 0.717) is 56.3 Å². The molecule has 0 bridgehead atoms. The third-order valence-corrected chi connectivity index (χ3v) is 10.0. The van der Waals surface area contributed by atoms with E-state index in [1.54, 1.807) is 17.2 Å². The second kappa shape index (κ2) is 15.5. The highest BCUT2D eigenvalue weighted by Crippen LogP contribution is 2.33. The van der Waals surface area contributed by atoms with E-state index in [1.165, 1.54) is 42.4 Å². The van der Waals surface area contributed by atoms with Gasteiger partial charge in [0.15, 0.2) is 5.13 Å². The number of halogens is 2. The van der Waals surface area contributed by atoms with E-state index in [9.17, 15) is 9.59 Å². The summed E-state index contributed by atoms with van der Waals surface area (Å²) in [4.78, 5) is 33.1. The van der Waals surface area contributed by atoms with Crippen molar-refractivity contribution in [2.45, 2.75) is 70.3 Å². The summed E-state index contributed by atoms with van der Waals surface area (Å²) in [6.45, 7) is 0.543. The number of ether oxygens (including phenoxy) is 1. The van der Waals surface area contributed by atoms with E-state index in [1.807, 2.05) is 42.5 Å². The molecule has 11 heteroatoms. The molecule has 0 atom stereocenters. The quantitative estimate of drug-likeness (QED) is 0.117. The summed E-state index contributed by atoms with van der Waals surface area (Å²) >= 11 is 20.4. The lowest BCUT2D eigenvalue weighted by atomic mass is 9.98. The van der Waals surface area contributed by atoms with Gasteiger partial charge in [-0.05, 0) is 86.1 Å². The number of carbonyl (C=O) groups excluding carboxylic acids is 2. The third kappa shape index (κ3) is 9.53. The van der Waals surface area contributed by atoms with E-state index in [4.69, 9.17) is 40.2 Å². The van der Waals surface area contributed by atoms with E-state index >= 15 is 0 Å². The zero-order chi connectivity index (χ0) is 30.2. The van der Waals surface area contributed by atoms with Crippen molar-refractivity contribution in [3.63, 3.8) is 0 Å². The Kier molecular flexibility index (Phi) is 11.5. The van der Waals surface area contributed by atoms with Crippen LogP contribution < -0.4 is 10.1 Å². The number of hydrogen-bond donors (Lipinski definition) is 1. The van der Waals surface area contributed by atoms with Gasteiger partial charge in [0, 0.05) is 40.5 Å². The highest BCUT2D eigenvalue weighted by molar-refractivity contribution is 8.26. The second-order valence-corrected chi connectivity index (χ2v) is 14.4. The van der Waals surface area contributed by atoms with Gasteiger partial charge in [0.25, 0.3) is 5.91 Å². The van der Waals surface area contributed by atoms with Crippen LogP contribution >= 0.6 is 58.5 Å². The highest BCUT2D eigenvalue weighted by Gasteiger charge is 2.31. The highest BCUT2D eigenvalue weighted by atomic mass is 35.5. The number of thiazole rings is 1. The lowest BCUT2D eigenvalue weighted by Crippen LogP contribution is -2.29. The normalized spacial score (nSPS) is 16.7. The summed E-state index contributed by atoms with van der Waals surface area (Å²) in [7, 11) is 0. The molecule has 6 nitrogen and oxygen atoms in total. The Hall–Kier alpha value is -2.43. The maximum atomic E-state index is 13.0. The summed E-state index contributed by atoms with van der Waals surface area (Å²) in [6.07, 6.45) is 13.3. The van der Waals surface area contributed by atoms with Gasteiger partial charge in [-0.1, -0.05) is 72.2 Å². The SMILES string of the molecule is O=C(CCCCCN1C(=O)/C(=C/c2ccc(OC3CCCCC3)cc2)SC1=S)Nc1ncc(Cc2cc(Cl)cc(Cl)c2)s1. The van der Waals surface area contributed by atoms with Crippen LogP contribution in [0.25, 0.3) is 6.08 Å². The van der Waals surface area contributed by atoms with Crippen molar-refractivity contribution >= 4 is 85.9 Å². The summed E-state index contributed by atoms with van der Waals surface area (Å²) in [5, 5.41) is 4.64. The molecule has 1 aliphatic heterocycles. The van der Waals surface area contributed by atoms with Crippen LogP contribution in [0.15, 0.2) is 53.6 Å². The van der Waals surface area contributed by atoms with Gasteiger partial charge in [0.2, 0.25) is 5.91 Å². The molecule has 1 aliphatic carbocycles. The first-order valence-electron chi connectivity index (χ1n) is 14.5. The molecule has 2 heterocycles. The van der Waals surface area contributed by atoms with Crippen molar-refractivity contribution in [3.05, 3.63) is 79.6 Å². The molecule has 43 heavy (non-hydrogen) atoms. The lowest BCUT2D eigenvalue weighted by molar-refractivity contribution is -0.122. The van der Waals surface area contributed by atoms with Gasteiger partial charge < -0.3 is 10.1 Å². The summed E-state index contributed by atoms with van der Waals surface area (Å²) < 4.78 is 6.69. The molecular formula is C32H33Cl2N3O3S3. The molecule has 2 aliphatic rings. The Labute approximate surface area is 276 Å². The van der Waals surface area contributed by atoms with Crippen LogP contribution in [0.1, 0.15) is 73.8 Å². The number of hydrogen-bond acceptors (Lipinski definition) is 7. The van der Waals surface area contributed by atoms with Gasteiger partial charge in [0.1, 0.15) is 10.1 Å². The van der Waals surface area contributed by atoms with Crippen molar-refractivity contribution in [2.24, 2.45) is 0 Å². The monoisotopic (exact) mass is 673 g/mol. The average molecular weight is 675 g/mol. The Morgan fingerprint density at radius 2 is 1.81 bits per heavy atom. The fourth-order valence-corrected chi connectivity index (χ4v) is 7.88. The molecule has 0 radical (unpaired) electrons. The van der Waals surface area contributed by atoms with Gasteiger partial charge >= 0.3 is 0 Å². The minimum Gasteiger partial charge on any atom is -0.490 e. The molecule has 0 unspecified atom stereocenters. The second-order valence-electron chi connectivity index (χ2n) is 10.7. The molecule has 5 rings (SSSR count). The molecule has 2 amide bonds. The van der Waals surface area contributed by atoms with Gasteiger partial charge in [-0.25, -0.2) is 4.98 Å². The fourth-order valence-electron chi connectivity index (χ4n) is 5.14. The van der Waals surface area contributed by atoms with Crippen LogP contribution in [0.3, 0.4) is 0 Å². The maximum absolute atomic E-state index is 13.0. The van der Waals surface area contributed by atoms with E-state index in [-0.39, 0.29) is 11.8 Å². The number of benzene rings is 2. The largest absolute Gasteiger partial charge is 0.490 e. The smallest absolute Gasteiger partial charge is 0.266 e. The molecule has 1 saturated carbocycles. The number of anilines is 1. The minimum absolute atomic E-state index is 0.0603. The number of thiocarbonyl (C=S) groups is 1. The molecule has 2 fully saturated rings. The van der Waals surface area contributed by atoms with Crippen LogP contribution in [0.2, 0.25) is 10.0 Å². The van der Waals surface area contributed by atoms with Crippen molar-refractivity contribution < 1.29 is 14.3 Å². The first-order chi connectivity index (χ1) is 20.8. The number of amides is 2. The Bertz CT molecular complexity index is 1470. The molecule has 1 aromatic heterocycles. The predicted octanol–water partition coefficient (Wildman–Crippen LogP) is 9.15. The number of nitrogens with one attached hydrogen (secondary N) is 1. The Morgan fingerprint density at radius 3 is 2.56 bits per heavy atom. The van der Waals surface area contributed by atoms with Crippen LogP contribution in [0.4, 0.5) is 5.13 Å². The molecular weight excluding hydrogens is 641 g/mol. The van der Waals surface area contributed by atoms with Crippen molar-refractivity contribution in [3.8, 4) is 5.75 Å². The minimum atomic E-state index is -0.0737. The van der Waals surface area contributed by atoms with E-state index in [0.717, 1.165) is 47.4 Å². The van der Waals surface area contributed by atoms with Crippen LogP contribution in [-0.2, 0) is 16.0 Å². The van der Waals surface area contributed by atoms with Crippen molar-refractivity contribution in [1.29, 1.82) is 0 Å². The molecule has 1 saturated heterocycles. The van der Waals surface area contributed by atoms with Gasteiger partial charge in [-0.2, -0.15) is 0 Å². The number of nitrogens with zero attached hydrogens (tertiary/aromatic N) is 2. The van der Waals surface area contributed by atoms with Gasteiger partial charge in [-0.15, -0.1) is 11.3 Å². The Balaban J connectivity index is 1.01. The zero-order valence-corrected chi connectivity index (χ0v) is 27.6. The molecule has 0 spiro atoms. The zero-order valence-electron chi connectivity index (χ0n) is 23.7. The lowest BCUT2D eigenvalue weighted by Gasteiger charge is -2.22. The summed E-state index contributed by atoms with van der Waals surface area (Å²) in [5.74, 6) is 0.742. The van der Waals surface area contributed by atoms with Crippen molar-refractivity contribution in [2.75, 3.05) is 11.9 Å². The molecule has 2 aromatic carbocycles. The topological polar surface area (TPSA) is 71.5 Å². The number of aromatic nitrogens is 1. The Morgan fingerprint density at radius 1 is 1.07 bits per heavy atom. The van der Waals surface area contributed by atoms with E-state index in [2.05, 4.69) is 10.3 Å². The molecule has 3 aromatic rings. The maximum Gasteiger partial charge on any atom is 0.266 e. The predicted molar refractivity (Wildman–Crippen MR) is 182 cm³/mol. The van der Waals surface area contributed by atoms with E-state index < -0.39 is 0 Å². The number of thioether (sulfide) groups is 1. The number of unbranched alkanes of at least 4 members (excludes halogenated alkanes) is 2. The average Bonchev–Trinajstić information content (AvgIpc) is 3.52. The van der Waals surface area contributed by atoms with Crippen LogP contribution in [0.5, 0.6) is 5.75 Å². The number of rotatable bonds is 12. The first-order valence-corrected chi connectivity index (χ1v) is 17.3. The summed E-state index contributed by atoms with van der Waals surface area (Å²) in [5.41, 5.74) is 1.94.